The van der Waals surface area contributed by atoms with Gasteiger partial charge >= 0.3 is 0 Å². The van der Waals surface area contributed by atoms with Crippen molar-refractivity contribution in [2.45, 2.75) is 24.2 Å². The van der Waals surface area contributed by atoms with Crippen molar-refractivity contribution >= 4 is 20.9 Å². The summed E-state index contributed by atoms with van der Waals surface area (Å²) < 4.78 is 45.8. The molecular formula is C20H22FN3O3S. The smallest absolute Gasteiger partial charge is 0.283 e. The highest BCUT2D eigenvalue weighted by Gasteiger charge is 2.21. The first-order chi connectivity index (χ1) is 13.6. The third-order valence-electron chi connectivity index (χ3n) is 4.99. The largest absolute Gasteiger partial charge is 0.491 e. The van der Waals surface area contributed by atoms with Crippen LogP contribution in [0.15, 0.2) is 53.6 Å². The van der Waals surface area contributed by atoms with Gasteiger partial charge in [0.1, 0.15) is 18.2 Å². The zero-order valence-corrected chi connectivity index (χ0v) is 16.2. The van der Waals surface area contributed by atoms with Gasteiger partial charge in [-0.05, 0) is 62.3 Å². The van der Waals surface area contributed by atoms with E-state index in [1.54, 1.807) is 12.1 Å². The molecule has 2 aromatic carbocycles. The maximum absolute atomic E-state index is 13.1. The predicted octanol–water partition coefficient (Wildman–Crippen LogP) is 3.28. The number of hydrogen-bond acceptors (Lipinski definition) is 5. The number of hydrogen-bond donors (Lipinski definition) is 0. The highest BCUT2D eigenvalue weighted by atomic mass is 32.2. The molecule has 0 saturated carbocycles. The first-order valence-corrected chi connectivity index (χ1v) is 10.8. The van der Waals surface area contributed by atoms with Crippen molar-refractivity contribution < 1.29 is 17.5 Å². The Morgan fingerprint density at radius 2 is 1.79 bits per heavy atom. The van der Waals surface area contributed by atoms with Gasteiger partial charge in [0.25, 0.3) is 10.0 Å². The van der Waals surface area contributed by atoms with Crippen molar-refractivity contribution in [1.82, 2.24) is 14.1 Å². The van der Waals surface area contributed by atoms with Crippen LogP contribution in [-0.2, 0) is 10.0 Å². The van der Waals surface area contributed by atoms with Gasteiger partial charge in [-0.1, -0.05) is 12.5 Å². The Kier molecular flexibility index (Phi) is 5.32. The second-order valence-electron chi connectivity index (χ2n) is 6.89. The molecule has 1 aliphatic heterocycles. The Morgan fingerprint density at radius 3 is 2.54 bits per heavy atom. The van der Waals surface area contributed by atoms with E-state index in [2.05, 4.69) is 10.00 Å². The van der Waals surface area contributed by atoms with Crippen molar-refractivity contribution in [3.05, 3.63) is 54.5 Å². The molecule has 0 amide bonds. The van der Waals surface area contributed by atoms with Gasteiger partial charge in [0, 0.05) is 6.54 Å². The van der Waals surface area contributed by atoms with Crippen LogP contribution in [0, 0.1) is 5.82 Å². The van der Waals surface area contributed by atoms with Crippen molar-refractivity contribution in [2.75, 3.05) is 26.2 Å². The molecule has 6 nitrogen and oxygen atoms in total. The fourth-order valence-corrected chi connectivity index (χ4v) is 4.76. The Bertz CT molecular complexity index is 1060. The molecule has 0 aliphatic carbocycles. The fourth-order valence-electron chi connectivity index (χ4n) is 3.49. The van der Waals surface area contributed by atoms with Crippen LogP contribution in [0.2, 0.25) is 0 Å². The summed E-state index contributed by atoms with van der Waals surface area (Å²) >= 11 is 0. The van der Waals surface area contributed by atoms with E-state index in [-0.39, 0.29) is 4.90 Å². The van der Waals surface area contributed by atoms with Gasteiger partial charge < -0.3 is 4.74 Å². The lowest BCUT2D eigenvalue weighted by atomic mass is 10.1. The standard InChI is InChI=1S/C20H22FN3O3S/c21-16-7-9-17(10-8-16)28(25,26)24-19-5-4-6-20(18(19)15-22-24)27-14-13-23-11-2-1-3-12-23/h4-10,15H,1-3,11-14H2. The van der Waals surface area contributed by atoms with Crippen LogP contribution in [-0.4, -0.2) is 48.7 Å². The third-order valence-corrected chi connectivity index (χ3v) is 6.61. The summed E-state index contributed by atoms with van der Waals surface area (Å²) in [5, 5.41) is 4.70. The van der Waals surface area contributed by atoms with Crippen LogP contribution < -0.4 is 4.74 Å². The van der Waals surface area contributed by atoms with Crippen molar-refractivity contribution in [1.29, 1.82) is 0 Å². The molecule has 4 rings (SSSR count). The van der Waals surface area contributed by atoms with Gasteiger partial charge in [-0.15, -0.1) is 0 Å². The number of nitrogens with zero attached hydrogens (tertiary/aromatic N) is 3. The topological polar surface area (TPSA) is 64.4 Å². The van der Waals surface area contributed by atoms with E-state index in [1.165, 1.54) is 37.6 Å². The monoisotopic (exact) mass is 403 g/mol. The van der Waals surface area contributed by atoms with E-state index >= 15 is 0 Å². The lowest BCUT2D eigenvalue weighted by Gasteiger charge is -2.26. The number of fused-ring (bicyclic) bond motifs is 1. The van der Waals surface area contributed by atoms with Crippen LogP contribution in [0.25, 0.3) is 10.9 Å². The van der Waals surface area contributed by atoms with Crippen LogP contribution in [0.4, 0.5) is 4.39 Å². The van der Waals surface area contributed by atoms with Crippen LogP contribution in [0.1, 0.15) is 19.3 Å². The van der Waals surface area contributed by atoms with E-state index < -0.39 is 15.8 Å². The summed E-state index contributed by atoms with van der Waals surface area (Å²) in [6.07, 6.45) is 5.23. The number of likely N-dealkylation sites (tertiary alicyclic amines) is 1. The molecule has 0 spiro atoms. The number of aromatic nitrogens is 2. The zero-order chi connectivity index (χ0) is 19.6. The third kappa shape index (κ3) is 3.74. The number of rotatable bonds is 6. The van der Waals surface area contributed by atoms with E-state index in [4.69, 9.17) is 4.74 Å². The molecule has 1 aromatic heterocycles. The van der Waals surface area contributed by atoms with E-state index in [1.807, 2.05) is 6.07 Å². The van der Waals surface area contributed by atoms with Gasteiger partial charge in [-0.3, -0.25) is 4.90 Å². The molecule has 3 aromatic rings. The molecule has 2 heterocycles. The number of ether oxygens (including phenoxy) is 1. The molecular weight excluding hydrogens is 381 g/mol. The van der Waals surface area contributed by atoms with Crippen LogP contribution in [0.5, 0.6) is 5.75 Å². The average Bonchev–Trinajstić information content (AvgIpc) is 3.15. The van der Waals surface area contributed by atoms with Gasteiger partial charge in [0.2, 0.25) is 0 Å². The minimum atomic E-state index is -3.92. The molecule has 1 aliphatic rings. The van der Waals surface area contributed by atoms with E-state index in [0.29, 0.717) is 23.3 Å². The van der Waals surface area contributed by atoms with Crippen molar-refractivity contribution in [2.24, 2.45) is 0 Å². The first kappa shape index (κ1) is 18.9. The molecule has 8 heteroatoms. The Morgan fingerprint density at radius 1 is 1.04 bits per heavy atom. The number of halogens is 1. The molecule has 0 N–H and O–H groups in total. The lowest BCUT2D eigenvalue weighted by molar-refractivity contribution is 0.184. The fraction of sp³-hybridized carbons (Fsp3) is 0.350. The lowest BCUT2D eigenvalue weighted by Crippen LogP contribution is -2.33. The van der Waals surface area contributed by atoms with Crippen LogP contribution in [0.3, 0.4) is 0 Å². The quantitative estimate of drug-likeness (QED) is 0.632. The molecule has 1 saturated heterocycles. The van der Waals surface area contributed by atoms with Gasteiger partial charge in [0.15, 0.2) is 0 Å². The van der Waals surface area contributed by atoms with E-state index in [9.17, 15) is 12.8 Å². The maximum Gasteiger partial charge on any atom is 0.283 e. The molecule has 148 valence electrons. The summed E-state index contributed by atoms with van der Waals surface area (Å²) in [5.41, 5.74) is 0.430. The van der Waals surface area contributed by atoms with Crippen molar-refractivity contribution in [3.8, 4) is 5.75 Å². The normalized spacial score (nSPS) is 15.8. The number of benzene rings is 2. The van der Waals surface area contributed by atoms with Gasteiger partial charge in [-0.25, -0.2) is 4.39 Å². The summed E-state index contributed by atoms with van der Waals surface area (Å²) in [7, 11) is -3.92. The second-order valence-corrected chi connectivity index (χ2v) is 8.65. The SMILES string of the molecule is O=S(=O)(c1ccc(F)cc1)n1ncc2c(OCCN3CCCCC3)cccc21. The van der Waals surface area contributed by atoms with E-state index in [0.717, 1.165) is 35.9 Å². The molecule has 1 fully saturated rings. The zero-order valence-electron chi connectivity index (χ0n) is 15.4. The number of piperidine rings is 1. The molecule has 28 heavy (non-hydrogen) atoms. The minimum absolute atomic E-state index is 0.0182. The average molecular weight is 403 g/mol. The molecule has 0 atom stereocenters. The second kappa shape index (κ2) is 7.89. The Hall–Kier alpha value is -2.45. The highest BCUT2D eigenvalue weighted by Crippen LogP contribution is 2.28. The molecule has 0 bridgehead atoms. The summed E-state index contributed by atoms with van der Waals surface area (Å²) in [4.78, 5) is 2.36. The molecule has 0 unspecified atom stereocenters. The minimum Gasteiger partial charge on any atom is -0.491 e. The summed E-state index contributed by atoms with van der Waals surface area (Å²) in [6.45, 7) is 3.58. The molecule has 0 radical (unpaired) electrons. The Labute approximate surface area is 163 Å². The highest BCUT2D eigenvalue weighted by molar-refractivity contribution is 7.90. The van der Waals surface area contributed by atoms with Gasteiger partial charge in [0.05, 0.1) is 22.0 Å². The first-order valence-electron chi connectivity index (χ1n) is 9.39. The van der Waals surface area contributed by atoms with Crippen LogP contribution >= 0.6 is 0 Å². The maximum atomic E-state index is 13.1. The van der Waals surface area contributed by atoms with Crippen molar-refractivity contribution in [3.63, 3.8) is 0 Å². The summed E-state index contributed by atoms with van der Waals surface area (Å²) in [5.74, 6) is 0.115. The summed E-state index contributed by atoms with van der Waals surface area (Å²) in [6, 6.07) is 9.95. The predicted molar refractivity (Wildman–Crippen MR) is 105 cm³/mol. The Balaban J connectivity index is 1.57. The van der Waals surface area contributed by atoms with Gasteiger partial charge in [-0.2, -0.15) is 17.6 Å².